The summed E-state index contributed by atoms with van der Waals surface area (Å²) in [6.07, 6.45) is 3.75. The lowest BCUT2D eigenvalue weighted by atomic mass is 9.85. The first-order chi connectivity index (χ1) is 13.6. The van der Waals surface area contributed by atoms with Gasteiger partial charge >= 0.3 is 0 Å². The molecular weight excluding hydrogens is 378 g/mol. The number of ether oxygens (including phenoxy) is 3. The van der Waals surface area contributed by atoms with E-state index in [9.17, 15) is 4.79 Å². The molecule has 148 valence electrons. The average molecular weight is 402 g/mol. The maximum absolute atomic E-state index is 12.1. The summed E-state index contributed by atoms with van der Waals surface area (Å²) < 4.78 is 16.9. The van der Waals surface area contributed by atoms with Crippen molar-refractivity contribution in [2.24, 2.45) is 5.92 Å². The largest absolute Gasteiger partial charge is 0.497 e. The van der Waals surface area contributed by atoms with Crippen LogP contribution < -0.4 is 19.5 Å². The Morgan fingerprint density at radius 2 is 2.04 bits per heavy atom. The molecule has 2 aromatic rings. The van der Waals surface area contributed by atoms with Crippen molar-refractivity contribution in [3.8, 4) is 28.4 Å². The Hall–Kier alpha value is -2.40. The molecule has 6 heteroatoms. The first-order valence-electron chi connectivity index (χ1n) is 9.58. The van der Waals surface area contributed by atoms with Crippen LogP contribution in [-0.2, 0) is 11.2 Å². The Balaban J connectivity index is 1.53. The van der Waals surface area contributed by atoms with Crippen LogP contribution in [0.1, 0.15) is 24.8 Å². The minimum Gasteiger partial charge on any atom is -0.497 e. The van der Waals surface area contributed by atoms with Gasteiger partial charge in [0.15, 0.2) is 0 Å². The molecule has 1 heterocycles. The molecule has 28 heavy (non-hydrogen) atoms. The zero-order valence-electron chi connectivity index (χ0n) is 16.1. The van der Waals surface area contributed by atoms with Crippen molar-refractivity contribution in [3.63, 3.8) is 0 Å². The van der Waals surface area contributed by atoms with Crippen molar-refractivity contribution in [1.29, 1.82) is 0 Å². The highest BCUT2D eigenvalue weighted by molar-refractivity contribution is 6.32. The monoisotopic (exact) mass is 401 g/mol. The van der Waals surface area contributed by atoms with Crippen LogP contribution in [-0.4, -0.2) is 32.8 Å². The number of rotatable bonds is 6. The summed E-state index contributed by atoms with van der Waals surface area (Å²) in [6, 6.07) is 9.63. The van der Waals surface area contributed by atoms with Gasteiger partial charge in [0.2, 0.25) is 5.91 Å². The van der Waals surface area contributed by atoms with E-state index >= 15 is 0 Å². The van der Waals surface area contributed by atoms with Crippen LogP contribution >= 0.6 is 11.6 Å². The highest BCUT2D eigenvalue weighted by Gasteiger charge is 2.29. The van der Waals surface area contributed by atoms with Crippen LogP contribution in [0.5, 0.6) is 17.2 Å². The molecule has 1 N–H and O–H groups in total. The number of amides is 1. The van der Waals surface area contributed by atoms with Crippen LogP contribution in [0.25, 0.3) is 11.1 Å². The van der Waals surface area contributed by atoms with E-state index in [2.05, 4.69) is 11.4 Å². The maximum atomic E-state index is 12.1. The van der Waals surface area contributed by atoms with Crippen LogP contribution in [0.3, 0.4) is 0 Å². The Morgan fingerprint density at radius 3 is 2.71 bits per heavy atom. The predicted molar refractivity (Wildman–Crippen MR) is 108 cm³/mol. The Labute approximate surface area is 169 Å². The third kappa shape index (κ3) is 3.63. The Bertz CT molecular complexity index is 894. The van der Waals surface area contributed by atoms with Gasteiger partial charge < -0.3 is 19.5 Å². The van der Waals surface area contributed by atoms with E-state index in [0.29, 0.717) is 23.7 Å². The number of hydrogen-bond acceptors (Lipinski definition) is 4. The van der Waals surface area contributed by atoms with Crippen molar-refractivity contribution >= 4 is 17.5 Å². The van der Waals surface area contributed by atoms with Crippen molar-refractivity contribution in [3.05, 3.63) is 40.9 Å². The minimum atomic E-state index is -0.0982. The average Bonchev–Trinajstić information content (AvgIpc) is 3.08. The van der Waals surface area contributed by atoms with E-state index in [1.165, 1.54) is 0 Å². The molecule has 1 fully saturated rings. The normalized spacial score (nSPS) is 18.0. The van der Waals surface area contributed by atoms with E-state index in [1.54, 1.807) is 14.2 Å². The summed E-state index contributed by atoms with van der Waals surface area (Å²) in [4.78, 5) is 12.1. The van der Waals surface area contributed by atoms with Gasteiger partial charge in [-0.05, 0) is 48.7 Å². The fraction of sp³-hybridized carbons (Fsp3) is 0.409. The smallest absolute Gasteiger partial charge is 0.223 e. The SMILES string of the molecule is COc1ccc(OC)c(-c2cc(Cl)c3c(c2)C[C@@H](CNC(=O)C2CCC2)O3)c1. The third-order valence-corrected chi connectivity index (χ3v) is 5.83. The van der Waals surface area contributed by atoms with Crippen LogP contribution in [0.2, 0.25) is 5.02 Å². The van der Waals surface area contributed by atoms with Gasteiger partial charge in [0.1, 0.15) is 23.4 Å². The summed E-state index contributed by atoms with van der Waals surface area (Å²) in [5, 5.41) is 3.58. The number of carbonyl (C=O) groups excluding carboxylic acids is 1. The van der Waals surface area contributed by atoms with Gasteiger partial charge in [-0.3, -0.25) is 4.79 Å². The van der Waals surface area contributed by atoms with Gasteiger partial charge in [-0.15, -0.1) is 0 Å². The van der Waals surface area contributed by atoms with Gasteiger partial charge in [-0.2, -0.15) is 0 Å². The molecule has 0 saturated heterocycles. The second-order valence-electron chi connectivity index (χ2n) is 7.33. The lowest BCUT2D eigenvalue weighted by molar-refractivity contribution is -0.127. The third-order valence-electron chi connectivity index (χ3n) is 5.55. The number of halogens is 1. The standard InChI is InChI=1S/C22H24ClNO4/c1-26-16-6-7-20(27-2)18(11-16)14-8-15-9-17(28-21(15)19(23)10-14)12-24-22(25)13-4-3-5-13/h6-8,10-11,13,17H,3-5,9,12H2,1-2H3,(H,24,25)/t17-/m0/s1. The summed E-state index contributed by atoms with van der Waals surface area (Å²) in [5.74, 6) is 2.52. The first-order valence-corrected chi connectivity index (χ1v) is 9.96. The van der Waals surface area contributed by atoms with Crippen molar-refractivity contribution in [2.75, 3.05) is 20.8 Å². The summed E-state index contributed by atoms with van der Waals surface area (Å²) >= 11 is 6.52. The number of fused-ring (bicyclic) bond motifs is 1. The number of methoxy groups -OCH3 is 2. The molecule has 1 saturated carbocycles. The summed E-state index contributed by atoms with van der Waals surface area (Å²) in [6.45, 7) is 0.498. The molecule has 0 spiro atoms. The van der Waals surface area contributed by atoms with E-state index in [0.717, 1.165) is 47.5 Å². The van der Waals surface area contributed by atoms with E-state index in [4.69, 9.17) is 25.8 Å². The lowest BCUT2D eigenvalue weighted by Crippen LogP contribution is -2.40. The molecule has 0 radical (unpaired) electrons. The minimum absolute atomic E-state index is 0.0982. The van der Waals surface area contributed by atoms with E-state index in [1.807, 2.05) is 24.3 Å². The van der Waals surface area contributed by atoms with Crippen molar-refractivity contribution < 1.29 is 19.0 Å². The Morgan fingerprint density at radius 1 is 1.21 bits per heavy atom. The maximum Gasteiger partial charge on any atom is 0.223 e. The van der Waals surface area contributed by atoms with Crippen LogP contribution in [0.15, 0.2) is 30.3 Å². The second kappa shape index (κ2) is 7.92. The number of nitrogens with one attached hydrogen (secondary N) is 1. The molecule has 2 aliphatic rings. The molecular formula is C22H24ClNO4. The predicted octanol–water partition coefficient (Wildman–Crippen LogP) is 4.24. The van der Waals surface area contributed by atoms with E-state index in [-0.39, 0.29) is 17.9 Å². The molecule has 1 aliphatic carbocycles. The van der Waals surface area contributed by atoms with E-state index < -0.39 is 0 Å². The summed E-state index contributed by atoms with van der Waals surface area (Å²) in [5.41, 5.74) is 2.89. The zero-order chi connectivity index (χ0) is 19.7. The molecule has 1 aliphatic heterocycles. The molecule has 0 unspecified atom stereocenters. The molecule has 5 nitrogen and oxygen atoms in total. The highest BCUT2D eigenvalue weighted by Crippen LogP contribution is 2.42. The van der Waals surface area contributed by atoms with Gasteiger partial charge in [0.05, 0.1) is 25.8 Å². The first kappa shape index (κ1) is 18.9. The van der Waals surface area contributed by atoms with Crippen molar-refractivity contribution in [2.45, 2.75) is 31.8 Å². The van der Waals surface area contributed by atoms with Crippen molar-refractivity contribution in [1.82, 2.24) is 5.32 Å². The van der Waals surface area contributed by atoms with Crippen LogP contribution in [0, 0.1) is 5.92 Å². The molecule has 4 rings (SSSR count). The zero-order valence-corrected chi connectivity index (χ0v) is 16.8. The number of carbonyl (C=O) groups is 1. The molecule has 0 bridgehead atoms. The molecule has 2 aromatic carbocycles. The van der Waals surface area contributed by atoms with Crippen LogP contribution in [0.4, 0.5) is 0 Å². The highest BCUT2D eigenvalue weighted by atomic mass is 35.5. The number of benzene rings is 2. The Kier molecular flexibility index (Phi) is 5.36. The molecule has 1 atom stereocenters. The molecule has 0 aromatic heterocycles. The number of hydrogen-bond donors (Lipinski definition) is 1. The van der Waals surface area contributed by atoms with Gasteiger partial charge in [0, 0.05) is 23.5 Å². The summed E-state index contributed by atoms with van der Waals surface area (Å²) in [7, 11) is 3.28. The lowest BCUT2D eigenvalue weighted by Gasteiger charge is -2.24. The topological polar surface area (TPSA) is 56.8 Å². The van der Waals surface area contributed by atoms with Gasteiger partial charge in [-0.25, -0.2) is 0 Å². The van der Waals surface area contributed by atoms with Gasteiger partial charge in [0.25, 0.3) is 0 Å². The fourth-order valence-electron chi connectivity index (χ4n) is 3.73. The van der Waals surface area contributed by atoms with Gasteiger partial charge in [-0.1, -0.05) is 18.0 Å². The fourth-order valence-corrected chi connectivity index (χ4v) is 4.01. The molecule has 1 amide bonds. The quantitative estimate of drug-likeness (QED) is 0.786. The second-order valence-corrected chi connectivity index (χ2v) is 7.74.